The van der Waals surface area contributed by atoms with E-state index in [0.29, 0.717) is 6.42 Å². The van der Waals surface area contributed by atoms with Crippen LogP contribution in [0.5, 0.6) is 0 Å². The fourth-order valence-corrected chi connectivity index (χ4v) is 2.78. The molecule has 5 nitrogen and oxygen atoms in total. The summed E-state index contributed by atoms with van der Waals surface area (Å²) in [5.41, 5.74) is 0.463. The van der Waals surface area contributed by atoms with Gasteiger partial charge in [0, 0.05) is 6.54 Å². The van der Waals surface area contributed by atoms with Gasteiger partial charge in [-0.1, -0.05) is 24.6 Å². The summed E-state index contributed by atoms with van der Waals surface area (Å²) in [6.07, 6.45) is 0.389. The minimum absolute atomic E-state index is 0.191. The van der Waals surface area contributed by atoms with Gasteiger partial charge in [0.1, 0.15) is 5.60 Å². The molecule has 0 aliphatic heterocycles. The highest BCUT2D eigenvalue weighted by molar-refractivity contribution is 7.89. The number of ether oxygens (including phenoxy) is 1. The van der Waals surface area contributed by atoms with Crippen molar-refractivity contribution >= 4 is 16.0 Å². The summed E-state index contributed by atoms with van der Waals surface area (Å²) in [4.78, 5) is 12.0. The maximum Gasteiger partial charge on any atom is 0.309 e. The van der Waals surface area contributed by atoms with E-state index in [2.05, 4.69) is 4.72 Å². The average molecular weight is 327 g/mol. The van der Waals surface area contributed by atoms with E-state index in [9.17, 15) is 13.2 Å². The third kappa shape index (κ3) is 6.15. The number of hydrogen-bond donors (Lipinski definition) is 1. The first kappa shape index (κ1) is 18.6. The molecule has 22 heavy (non-hydrogen) atoms. The van der Waals surface area contributed by atoms with E-state index < -0.39 is 15.6 Å². The quantitative estimate of drug-likeness (QED) is 0.815. The fourth-order valence-electron chi connectivity index (χ4n) is 1.73. The number of sulfonamides is 1. The van der Waals surface area contributed by atoms with Crippen LogP contribution in [0.2, 0.25) is 0 Å². The maximum absolute atomic E-state index is 12.1. The van der Waals surface area contributed by atoms with Crippen molar-refractivity contribution < 1.29 is 17.9 Å². The van der Waals surface area contributed by atoms with Crippen molar-refractivity contribution in [2.45, 2.75) is 51.5 Å². The van der Waals surface area contributed by atoms with Gasteiger partial charge in [0.05, 0.1) is 10.8 Å². The second-order valence-corrected chi connectivity index (χ2v) is 8.20. The van der Waals surface area contributed by atoms with Gasteiger partial charge in [0.2, 0.25) is 10.0 Å². The zero-order chi connectivity index (χ0) is 17.0. The lowest BCUT2D eigenvalue weighted by atomic mass is 10.1. The van der Waals surface area contributed by atoms with Crippen molar-refractivity contribution in [2.24, 2.45) is 5.92 Å². The van der Waals surface area contributed by atoms with Gasteiger partial charge in [-0.2, -0.15) is 0 Å². The third-order valence-corrected chi connectivity index (χ3v) is 4.49. The molecule has 1 aromatic carbocycles. The number of rotatable bonds is 6. The molecule has 1 atom stereocenters. The molecule has 0 heterocycles. The Labute approximate surface area is 133 Å². The van der Waals surface area contributed by atoms with E-state index in [4.69, 9.17) is 4.74 Å². The Morgan fingerprint density at radius 3 is 2.27 bits per heavy atom. The lowest BCUT2D eigenvalue weighted by molar-refractivity contribution is -0.159. The molecule has 0 bridgehead atoms. The van der Waals surface area contributed by atoms with Gasteiger partial charge in [-0.15, -0.1) is 0 Å². The summed E-state index contributed by atoms with van der Waals surface area (Å²) in [6.45, 7) is 9.23. The number of carbonyl (C=O) groups is 1. The molecule has 0 fully saturated rings. The van der Waals surface area contributed by atoms with Crippen molar-refractivity contribution in [3.05, 3.63) is 29.8 Å². The Balaban J connectivity index is 2.52. The Morgan fingerprint density at radius 2 is 1.77 bits per heavy atom. The Hall–Kier alpha value is -1.40. The summed E-state index contributed by atoms with van der Waals surface area (Å²) >= 11 is 0. The summed E-state index contributed by atoms with van der Waals surface area (Å²) in [6, 6.07) is 6.62. The molecule has 1 N–H and O–H groups in total. The van der Waals surface area contributed by atoms with Crippen molar-refractivity contribution in [1.82, 2.24) is 4.72 Å². The molecule has 0 radical (unpaired) electrons. The van der Waals surface area contributed by atoms with E-state index in [1.54, 1.807) is 52.0 Å². The average Bonchev–Trinajstić information content (AvgIpc) is 2.36. The number of hydrogen-bond acceptors (Lipinski definition) is 4. The largest absolute Gasteiger partial charge is 0.460 e. The van der Waals surface area contributed by atoms with Gasteiger partial charge in [-0.3, -0.25) is 4.79 Å². The van der Waals surface area contributed by atoms with E-state index in [1.807, 2.05) is 6.92 Å². The van der Waals surface area contributed by atoms with Crippen LogP contribution in [0.4, 0.5) is 0 Å². The monoisotopic (exact) mass is 327 g/mol. The van der Waals surface area contributed by atoms with Crippen LogP contribution < -0.4 is 4.72 Å². The van der Waals surface area contributed by atoms with Crippen LogP contribution in [-0.4, -0.2) is 26.5 Å². The van der Waals surface area contributed by atoms with Crippen LogP contribution in [0.25, 0.3) is 0 Å². The predicted octanol–water partition coefficient (Wildman–Crippen LogP) is 2.64. The minimum atomic E-state index is -3.54. The second-order valence-electron chi connectivity index (χ2n) is 6.43. The van der Waals surface area contributed by atoms with Gasteiger partial charge in [0.25, 0.3) is 0 Å². The Kier molecular flexibility index (Phi) is 6.14. The zero-order valence-corrected chi connectivity index (χ0v) is 14.7. The number of benzene rings is 1. The molecule has 0 saturated carbocycles. The summed E-state index contributed by atoms with van der Waals surface area (Å²) in [5, 5.41) is 0. The second kappa shape index (κ2) is 7.24. The molecule has 1 aromatic rings. The highest BCUT2D eigenvalue weighted by atomic mass is 32.2. The standard InChI is InChI=1S/C16H25NO4S/c1-12-6-8-14(9-7-12)22(19,20)17-11-10-13(2)15(18)21-16(3,4)5/h6-9,13,17H,10-11H2,1-5H3. The van der Waals surface area contributed by atoms with Crippen LogP contribution in [0.1, 0.15) is 39.7 Å². The van der Waals surface area contributed by atoms with Crippen molar-refractivity contribution in [1.29, 1.82) is 0 Å². The van der Waals surface area contributed by atoms with Crippen molar-refractivity contribution in [3.8, 4) is 0 Å². The highest BCUT2D eigenvalue weighted by Crippen LogP contribution is 2.14. The molecule has 0 spiro atoms. The molecule has 0 aromatic heterocycles. The highest BCUT2D eigenvalue weighted by Gasteiger charge is 2.22. The molecule has 0 aliphatic carbocycles. The predicted molar refractivity (Wildman–Crippen MR) is 86.0 cm³/mol. The van der Waals surface area contributed by atoms with Crippen molar-refractivity contribution in [3.63, 3.8) is 0 Å². The van der Waals surface area contributed by atoms with Crippen LogP contribution >= 0.6 is 0 Å². The van der Waals surface area contributed by atoms with Gasteiger partial charge in [-0.05, 0) is 46.2 Å². The van der Waals surface area contributed by atoms with Crippen LogP contribution in [0.3, 0.4) is 0 Å². The lowest BCUT2D eigenvalue weighted by Gasteiger charge is -2.22. The minimum Gasteiger partial charge on any atom is -0.460 e. The molecule has 124 valence electrons. The van der Waals surface area contributed by atoms with E-state index in [0.717, 1.165) is 5.56 Å². The molecule has 0 aliphatic rings. The van der Waals surface area contributed by atoms with Crippen LogP contribution in [0, 0.1) is 12.8 Å². The molecule has 6 heteroatoms. The molecule has 1 unspecified atom stereocenters. The van der Waals surface area contributed by atoms with Crippen LogP contribution in [0.15, 0.2) is 29.2 Å². The number of esters is 1. The molecule has 1 rings (SSSR count). The first-order valence-corrected chi connectivity index (χ1v) is 8.79. The Bertz CT molecular complexity index is 600. The summed E-state index contributed by atoms with van der Waals surface area (Å²) < 4.78 is 32.0. The maximum atomic E-state index is 12.1. The van der Waals surface area contributed by atoms with E-state index >= 15 is 0 Å². The SMILES string of the molecule is Cc1ccc(S(=O)(=O)NCCC(C)C(=O)OC(C)(C)C)cc1. The summed E-state index contributed by atoms with van der Waals surface area (Å²) in [5.74, 6) is -0.679. The first-order valence-electron chi connectivity index (χ1n) is 7.30. The Morgan fingerprint density at radius 1 is 1.23 bits per heavy atom. The zero-order valence-electron chi connectivity index (χ0n) is 13.8. The summed E-state index contributed by atoms with van der Waals surface area (Å²) in [7, 11) is -3.54. The number of aryl methyl sites for hydroxylation is 1. The lowest BCUT2D eigenvalue weighted by Crippen LogP contribution is -2.31. The van der Waals surface area contributed by atoms with Gasteiger partial charge >= 0.3 is 5.97 Å². The first-order chi connectivity index (χ1) is 10.0. The molecular weight excluding hydrogens is 302 g/mol. The van der Waals surface area contributed by atoms with Crippen LogP contribution in [-0.2, 0) is 19.6 Å². The smallest absolute Gasteiger partial charge is 0.309 e. The molecule has 0 saturated heterocycles. The topological polar surface area (TPSA) is 72.5 Å². The van der Waals surface area contributed by atoms with Gasteiger partial charge in [0.15, 0.2) is 0 Å². The molecular formula is C16H25NO4S. The normalized spacial score (nSPS) is 13.7. The van der Waals surface area contributed by atoms with Gasteiger partial charge in [-0.25, -0.2) is 13.1 Å². The molecule has 0 amide bonds. The third-order valence-electron chi connectivity index (χ3n) is 3.01. The number of carbonyl (C=O) groups excluding carboxylic acids is 1. The van der Waals surface area contributed by atoms with Crippen molar-refractivity contribution in [2.75, 3.05) is 6.54 Å². The van der Waals surface area contributed by atoms with Gasteiger partial charge < -0.3 is 4.74 Å². The van der Waals surface area contributed by atoms with E-state index in [1.165, 1.54) is 0 Å². The fraction of sp³-hybridized carbons (Fsp3) is 0.562. The van der Waals surface area contributed by atoms with E-state index in [-0.39, 0.29) is 23.3 Å². The number of nitrogens with one attached hydrogen (secondary N) is 1.